The van der Waals surface area contributed by atoms with Crippen molar-refractivity contribution in [2.45, 2.75) is 26.3 Å². The van der Waals surface area contributed by atoms with Crippen LogP contribution in [0.2, 0.25) is 5.02 Å². The summed E-state index contributed by atoms with van der Waals surface area (Å²) in [6.45, 7) is 4.21. The predicted molar refractivity (Wildman–Crippen MR) is 89.6 cm³/mol. The number of fused-ring (bicyclic) bond motifs is 1. The van der Waals surface area contributed by atoms with Crippen molar-refractivity contribution in [3.8, 4) is 0 Å². The third-order valence-electron chi connectivity index (χ3n) is 3.84. The van der Waals surface area contributed by atoms with Crippen LogP contribution in [-0.4, -0.2) is 24.3 Å². The van der Waals surface area contributed by atoms with Crippen molar-refractivity contribution >= 4 is 22.5 Å². The van der Waals surface area contributed by atoms with E-state index in [0.29, 0.717) is 21.8 Å². The first-order valence-corrected chi connectivity index (χ1v) is 7.86. The van der Waals surface area contributed by atoms with Crippen molar-refractivity contribution in [3.63, 3.8) is 0 Å². The molecular weight excluding hydrogens is 314 g/mol. The lowest BCUT2D eigenvalue weighted by Gasteiger charge is -2.21. The van der Waals surface area contributed by atoms with Crippen molar-refractivity contribution in [3.05, 3.63) is 52.1 Å². The van der Waals surface area contributed by atoms with Crippen LogP contribution in [0, 0.1) is 5.92 Å². The maximum Gasteiger partial charge on any atom is 0.263 e. The summed E-state index contributed by atoms with van der Waals surface area (Å²) in [5, 5.41) is 4.97. The molecule has 120 valence electrons. The fourth-order valence-electron chi connectivity index (χ4n) is 2.76. The highest BCUT2D eigenvalue weighted by Gasteiger charge is 2.22. The molecule has 0 amide bonds. The molecule has 0 aliphatic rings. The summed E-state index contributed by atoms with van der Waals surface area (Å²) in [7, 11) is 1.82. The van der Waals surface area contributed by atoms with Crippen molar-refractivity contribution in [2.75, 3.05) is 0 Å². The number of rotatable bonds is 4. The van der Waals surface area contributed by atoms with Gasteiger partial charge in [-0.1, -0.05) is 31.5 Å². The molecule has 0 radical (unpaired) electrons. The van der Waals surface area contributed by atoms with Crippen LogP contribution in [0.3, 0.4) is 0 Å². The maximum absolute atomic E-state index is 13.0. The van der Waals surface area contributed by atoms with Crippen LogP contribution in [-0.2, 0) is 7.05 Å². The van der Waals surface area contributed by atoms with Crippen LogP contribution in [0.25, 0.3) is 10.9 Å². The van der Waals surface area contributed by atoms with Gasteiger partial charge in [-0.15, -0.1) is 0 Å². The quantitative estimate of drug-likeness (QED) is 0.737. The second-order valence-corrected chi connectivity index (χ2v) is 6.39. The lowest BCUT2D eigenvalue weighted by atomic mass is 10.0. The summed E-state index contributed by atoms with van der Waals surface area (Å²) in [5.41, 5.74) is 0.439. The van der Waals surface area contributed by atoms with Gasteiger partial charge in [-0.05, 0) is 24.5 Å². The highest BCUT2D eigenvalue weighted by molar-refractivity contribution is 6.35. The van der Waals surface area contributed by atoms with Crippen LogP contribution in [0.1, 0.15) is 32.1 Å². The largest absolute Gasteiger partial charge is 0.288 e. The molecule has 0 bridgehead atoms. The summed E-state index contributed by atoms with van der Waals surface area (Å²) in [4.78, 5) is 21.7. The Kier molecular flexibility index (Phi) is 4.17. The summed E-state index contributed by atoms with van der Waals surface area (Å²) in [5.74, 6) is 1.11. The average molecular weight is 332 g/mol. The summed E-state index contributed by atoms with van der Waals surface area (Å²) < 4.78 is 3.30. The van der Waals surface area contributed by atoms with Gasteiger partial charge >= 0.3 is 0 Å². The molecule has 0 aliphatic carbocycles. The van der Waals surface area contributed by atoms with E-state index < -0.39 is 0 Å². The van der Waals surface area contributed by atoms with Gasteiger partial charge in [0.25, 0.3) is 5.56 Å². The van der Waals surface area contributed by atoms with E-state index in [-0.39, 0.29) is 11.6 Å². The number of aromatic nitrogens is 5. The molecule has 1 atom stereocenters. The topological polar surface area (TPSA) is 65.6 Å². The lowest BCUT2D eigenvalue weighted by molar-refractivity contribution is 0.411. The van der Waals surface area contributed by atoms with Gasteiger partial charge in [0.2, 0.25) is 0 Å². The van der Waals surface area contributed by atoms with E-state index >= 15 is 0 Å². The molecule has 2 aromatic heterocycles. The summed E-state index contributed by atoms with van der Waals surface area (Å²) in [6.07, 6.45) is 3.82. The SMILES string of the molecule is CC(C)C[C@@H](c1ncnn1C)n1cnc2cccc(Cl)c2c1=O. The first kappa shape index (κ1) is 15.7. The molecule has 3 rings (SSSR count). The molecule has 0 saturated heterocycles. The van der Waals surface area contributed by atoms with Crippen LogP contribution in [0.4, 0.5) is 0 Å². The standard InChI is InChI=1S/C16H18ClN5O/c1-10(2)7-13(15-18-8-20-21(15)3)22-9-19-12-6-4-5-11(17)14(12)16(22)23/h4-6,8-10,13H,7H2,1-3H3/t13-/m0/s1. The zero-order valence-electron chi connectivity index (χ0n) is 13.3. The average Bonchev–Trinajstić information content (AvgIpc) is 2.91. The molecular formula is C16H18ClN5O. The van der Waals surface area contributed by atoms with Crippen LogP contribution < -0.4 is 5.56 Å². The highest BCUT2D eigenvalue weighted by atomic mass is 35.5. The van der Waals surface area contributed by atoms with Gasteiger partial charge in [-0.2, -0.15) is 5.10 Å². The molecule has 3 aromatic rings. The first-order chi connectivity index (χ1) is 11.0. The van der Waals surface area contributed by atoms with E-state index in [1.54, 1.807) is 33.8 Å². The Morgan fingerprint density at radius 1 is 1.26 bits per heavy atom. The smallest absolute Gasteiger partial charge is 0.263 e. The minimum absolute atomic E-state index is 0.158. The van der Waals surface area contributed by atoms with E-state index in [0.717, 1.165) is 12.2 Å². The summed E-state index contributed by atoms with van der Waals surface area (Å²) >= 11 is 6.21. The number of benzene rings is 1. The lowest BCUT2D eigenvalue weighted by Crippen LogP contribution is -2.29. The predicted octanol–water partition coefficient (Wildman–Crippen LogP) is 2.81. The minimum atomic E-state index is -0.233. The Morgan fingerprint density at radius 3 is 2.70 bits per heavy atom. The zero-order chi connectivity index (χ0) is 16.6. The van der Waals surface area contributed by atoms with Gasteiger partial charge in [0.15, 0.2) is 0 Å². The van der Waals surface area contributed by atoms with Crippen molar-refractivity contribution in [2.24, 2.45) is 13.0 Å². The van der Waals surface area contributed by atoms with Gasteiger partial charge in [0.1, 0.15) is 12.2 Å². The number of hydrogen-bond acceptors (Lipinski definition) is 4. The monoisotopic (exact) mass is 331 g/mol. The number of aryl methyl sites for hydroxylation is 1. The maximum atomic E-state index is 13.0. The Bertz CT molecular complexity index is 899. The van der Waals surface area contributed by atoms with E-state index in [1.807, 2.05) is 7.05 Å². The third-order valence-corrected chi connectivity index (χ3v) is 4.15. The van der Waals surface area contributed by atoms with Crippen LogP contribution in [0.15, 0.2) is 35.6 Å². The van der Waals surface area contributed by atoms with Gasteiger partial charge < -0.3 is 0 Å². The third kappa shape index (κ3) is 2.86. The molecule has 0 unspecified atom stereocenters. The van der Waals surface area contributed by atoms with E-state index in [1.165, 1.54) is 6.33 Å². The van der Waals surface area contributed by atoms with Crippen molar-refractivity contribution in [1.29, 1.82) is 0 Å². The molecule has 6 nitrogen and oxygen atoms in total. The normalized spacial score (nSPS) is 12.9. The van der Waals surface area contributed by atoms with Crippen LogP contribution >= 0.6 is 11.6 Å². The van der Waals surface area contributed by atoms with Gasteiger partial charge in [0.05, 0.1) is 28.3 Å². The Morgan fingerprint density at radius 2 is 2.04 bits per heavy atom. The molecule has 7 heteroatoms. The molecule has 0 aliphatic heterocycles. The number of nitrogens with zero attached hydrogens (tertiary/aromatic N) is 5. The van der Waals surface area contributed by atoms with Gasteiger partial charge in [-0.25, -0.2) is 9.97 Å². The van der Waals surface area contributed by atoms with Gasteiger partial charge in [0, 0.05) is 7.05 Å². The fourth-order valence-corrected chi connectivity index (χ4v) is 3.01. The second kappa shape index (κ2) is 6.12. The van der Waals surface area contributed by atoms with Crippen molar-refractivity contribution in [1.82, 2.24) is 24.3 Å². The molecule has 0 spiro atoms. The Labute approximate surface area is 138 Å². The van der Waals surface area contributed by atoms with Crippen molar-refractivity contribution < 1.29 is 0 Å². The minimum Gasteiger partial charge on any atom is -0.288 e. The summed E-state index contributed by atoms with van der Waals surface area (Å²) in [6, 6.07) is 5.04. The van der Waals surface area contributed by atoms with E-state index in [9.17, 15) is 4.79 Å². The molecule has 0 N–H and O–H groups in total. The molecule has 23 heavy (non-hydrogen) atoms. The van der Waals surface area contributed by atoms with E-state index in [2.05, 4.69) is 28.9 Å². The van der Waals surface area contributed by atoms with Crippen LogP contribution in [0.5, 0.6) is 0 Å². The first-order valence-electron chi connectivity index (χ1n) is 7.48. The molecule has 0 saturated carbocycles. The Hall–Kier alpha value is -2.21. The van der Waals surface area contributed by atoms with Gasteiger partial charge in [-0.3, -0.25) is 14.0 Å². The zero-order valence-corrected chi connectivity index (χ0v) is 14.0. The number of hydrogen-bond donors (Lipinski definition) is 0. The van der Waals surface area contributed by atoms with E-state index in [4.69, 9.17) is 11.6 Å². The molecule has 1 aromatic carbocycles. The fraction of sp³-hybridized carbons (Fsp3) is 0.375. The molecule has 2 heterocycles. The highest BCUT2D eigenvalue weighted by Crippen LogP contribution is 2.24. The molecule has 0 fully saturated rings. The number of halogens is 1. The second-order valence-electron chi connectivity index (χ2n) is 5.98. The Balaban J connectivity index is 2.23.